The van der Waals surface area contributed by atoms with Gasteiger partial charge in [0.2, 0.25) is 20.0 Å². The normalized spacial score (nSPS) is 32.3. The Labute approximate surface area is 91.6 Å². The highest BCUT2D eigenvalue weighted by Gasteiger charge is 2.57. The Morgan fingerprint density at radius 3 is 1.40 bits per heavy atom. The summed E-state index contributed by atoms with van der Waals surface area (Å²) in [7, 11) is -6.44. The standard InChI is InChI=1S/C8H17NO4S2/c1-7(2)6-8(3,4)15(12,13)9(5)14(7,10)11/h6H2,1-5H3. The first-order valence-corrected chi connectivity index (χ1v) is 7.47. The highest BCUT2D eigenvalue weighted by Crippen LogP contribution is 2.41. The van der Waals surface area contributed by atoms with Gasteiger partial charge >= 0.3 is 0 Å². The Hall–Kier alpha value is -0.140. The van der Waals surface area contributed by atoms with E-state index in [4.69, 9.17) is 0 Å². The molecular formula is C8H17NO4S2. The summed E-state index contributed by atoms with van der Waals surface area (Å²) in [6.45, 7) is 6.20. The van der Waals surface area contributed by atoms with Gasteiger partial charge in [0.15, 0.2) is 0 Å². The van der Waals surface area contributed by atoms with Crippen LogP contribution in [-0.2, 0) is 20.0 Å². The Kier molecular flexibility index (Phi) is 2.55. The molecule has 0 N–H and O–H groups in total. The van der Waals surface area contributed by atoms with Gasteiger partial charge in [-0.05, 0) is 34.1 Å². The molecule has 1 fully saturated rings. The monoisotopic (exact) mass is 255 g/mol. The second-order valence-electron chi connectivity index (χ2n) is 5.09. The molecular weight excluding hydrogens is 238 g/mol. The molecule has 1 saturated heterocycles. The van der Waals surface area contributed by atoms with Crippen LogP contribution in [0.25, 0.3) is 0 Å². The van der Waals surface area contributed by atoms with E-state index in [0.717, 1.165) is 7.05 Å². The second kappa shape index (κ2) is 2.95. The minimum atomic E-state index is -3.77. The summed E-state index contributed by atoms with van der Waals surface area (Å²) in [5.41, 5.74) is 0. The number of hydrogen-bond acceptors (Lipinski definition) is 4. The third kappa shape index (κ3) is 1.52. The van der Waals surface area contributed by atoms with Crippen molar-refractivity contribution < 1.29 is 16.8 Å². The summed E-state index contributed by atoms with van der Waals surface area (Å²) in [5.74, 6) is 0. The third-order valence-corrected chi connectivity index (χ3v) is 8.54. The van der Waals surface area contributed by atoms with E-state index in [1.54, 1.807) is 27.7 Å². The van der Waals surface area contributed by atoms with Gasteiger partial charge in [-0.1, -0.05) is 3.71 Å². The average Bonchev–Trinajstić information content (AvgIpc) is 1.98. The van der Waals surface area contributed by atoms with Gasteiger partial charge in [0.1, 0.15) is 0 Å². The molecule has 0 aromatic rings. The summed E-state index contributed by atoms with van der Waals surface area (Å²) < 4.78 is 46.0. The van der Waals surface area contributed by atoms with Crippen molar-refractivity contribution in [3.05, 3.63) is 0 Å². The fourth-order valence-electron chi connectivity index (χ4n) is 2.03. The Morgan fingerprint density at radius 1 is 0.867 bits per heavy atom. The third-order valence-electron chi connectivity index (χ3n) is 2.93. The van der Waals surface area contributed by atoms with Gasteiger partial charge in [0.05, 0.1) is 9.49 Å². The smallest absolute Gasteiger partial charge is 0.211 e. The minimum absolute atomic E-state index is 0.106. The first-order chi connectivity index (χ1) is 6.36. The Bertz CT molecular complexity index is 429. The fraction of sp³-hybridized carbons (Fsp3) is 1.00. The first-order valence-electron chi connectivity index (χ1n) is 4.59. The van der Waals surface area contributed by atoms with E-state index >= 15 is 0 Å². The van der Waals surface area contributed by atoms with Crippen LogP contribution in [-0.4, -0.2) is 37.1 Å². The zero-order chi connectivity index (χ0) is 12.3. The largest absolute Gasteiger partial charge is 0.232 e. The van der Waals surface area contributed by atoms with E-state index in [0.29, 0.717) is 3.71 Å². The van der Waals surface area contributed by atoms with Crippen LogP contribution in [0, 0.1) is 0 Å². The van der Waals surface area contributed by atoms with Crippen LogP contribution < -0.4 is 0 Å². The summed E-state index contributed by atoms with van der Waals surface area (Å²) in [4.78, 5) is 0. The van der Waals surface area contributed by atoms with Crippen molar-refractivity contribution in [1.29, 1.82) is 0 Å². The molecule has 1 aliphatic heterocycles. The van der Waals surface area contributed by atoms with Gasteiger partial charge < -0.3 is 0 Å². The molecule has 0 saturated carbocycles. The van der Waals surface area contributed by atoms with Crippen LogP contribution in [0.4, 0.5) is 0 Å². The molecule has 0 aromatic carbocycles. The average molecular weight is 255 g/mol. The molecule has 0 aliphatic carbocycles. The molecule has 0 atom stereocenters. The van der Waals surface area contributed by atoms with Crippen LogP contribution >= 0.6 is 0 Å². The van der Waals surface area contributed by atoms with E-state index < -0.39 is 29.5 Å². The minimum Gasteiger partial charge on any atom is -0.211 e. The summed E-state index contributed by atoms with van der Waals surface area (Å²) >= 11 is 0. The number of nitrogens with zero attached hydrogens (tertiary/aromatic N) is 1. The van der Waals surface area contributed by atoms with Crippen molar-refractivity contribution in [3.8, 4) is 0 Å². The predicted octanol–water partition coefficient (Wildman–Crippen LogP) is 0.539. The van der Waals surface area contributed by atoms with Gasteiger partial charge in [-0.3, -0.25) is 0 Å². The molecule has 7 heteroatoms. The maximum absolute atomic E-state index is 11.9. The second-order valence-corrected chi connectivity index (χ2v) is 10.5. The van der Waals surface area contributed by atoms with Gasteiger partial charge in [0, 0.05) is 7.05 Å². The van der Waals surface area contributed by atoms with Crippen molar-refractivity contribution in [1.82, 2.24) is 3.71 Å². The Morgan fingerprint density at radius 2 is 1.13 bits per heavy atom. The maximum atomic E-state index is 11.9. The quantitative estimate of drug-likeness (QED) is 0.633. The van der Waals surface area contributed by atoms with Crippen LogP contribution in [0.5, 0.6) is 0 Å². The molecule has 0 radical (unpaired) electrons. The first kappa shape index (κ1) is 12.9. The molecule has 0 aromatic heterocycles. The van der Waals surface area contributed by atoms with Crippen LogP contribution in [0.15, 0.2) is 0 Å². The van der Waals surface area contributed by atoms with Crippen LogP contribution in [0.3, 0.4) is 0 Å². The zero-order valence-electron chi connectivity index (χ0n) is 9.60. The molecule has 0 spiro atoms. The van der Waals surface area contributed by atoms with Gasteiger partial charge in [0.25, 0.3) is 0 Å². The van der Waals surface area contributed by atoms with E-state index in [1.807, 2.05) is 0 Å². The molecule has 5 nitrogen and oxygen atoms in total. The van der Waals surface area contributed by atoms with Crippen molar-refractivity contribution in [2.24, 2.45) is 0 Å². The summed E-state index contributed by atoms with van der Waals surface area (Å²) in [6, 6.07) is 0. The molecule has 90 valence electrons. The highest BCUT2D eigenvalue weighted by molar-refractivity contribution is 8.05. The molecule has 1 heterocycles. The molecule has 0 unspecified atom stereocenters. The van der Waals surface area contributed by atoms with E-state index in [1.165, 1.54) is 0 Å². The van der Waals surface area contributed by atoms with Gasteiger partial charge in [-0.2, -0.15) is 0 Å². The molecule has 1 aliphatic rings. The summed E-state index contributed by atoms with van der Waals surface area (Å²) in [5, 5.41) is 0. The predicted molar refractivity (Wildman–Crippen MR) is 58.4 cm³/mol. The molecule has 0 bridgehead atoms. The van der Waals surface area contributed by atoms with Crippen molar-refractivity contribution in [2.75, 3.05) is 7.05 Å². The Balaban J connectivity index is 3.52. The van der Waals surface area contributed by atoms with Gasteiger partial charge in [-0.25, -0.2) is 16.8 Å². The van der Waals surface area contributed by atoms with Crippen LogP contribution in [0.2, 0.25) is 0 Å². The van der Waals surface area contributed by atoms with Crippen molar-refractivity contribution in [2.45, 2.75) is 43.6 Å². The molecule has 1 rings (SSSR count). The number of rotatable bonds is 0. The zero-order valence-corrected chi connectivity index (χ0v) is 11.2. The SMILES string of the molecule is CN1S(=O)(=O)C(C)(C)CC(C)(C)S1(=O)=O. The van der Waals surface area contributed by atoms with E-state index in [2.05, 4.69) is 0 Å². The summed E-state index contributed by atoms with van der Waals surface area (Å²) in [6.07, 6.45) is 0.106. The van der Waals surface area contributed by atoms with E-state index in [-0.39, 0.29) is 6.42 Å². The number of sulfonamides is 2. The molecule has 0 amide bonds. The van der Waals surface area contributed by atoms with Crippen molar-refractivity contribution in [3.63, 3.8) is 0 Å². The van der Waals surface area contributed by atoms with E-state index in [9.17, 15) is 16.8 Å². The van der Waals surface area contributed by atoms with Gasteiger partial charge in [-0.15, -0.1) is 0 Å². The topological polar surface area (TPSA) is 71.5 Å². The van der Waals surface area contributed by atoms with Crippen LogP contribution in [0.1, 0.15) is 34.1 Å². The maximum Gasteiger partial charge on any atom is 0.232 e. The lowest BCUT2D eigenvalue weighted by Gasteiger charge is -2.43. The lowest BCUT2D eigenvalue weighted by molar-refractivity contribution is 0.402. The highest BCUT2D eigenvalue weighted by atomic mass is 32.3. The lowest BCUT2D eigenvalue weighted by Crippen LogP contribution is -2.59. The fourth-order valence-corrected chi connectivity index (χ4v) is 6.85. The van der Waals surface area contributed by atoms with Crippen molar-refractivity contribution >= 4 is 20.0 Å². The number of hydrogen-bond donors (Lipinski definition) is 0. The molecule has 15 heavy (non-hydrogen) atoms. The lowest BCUT2D eigenvalue weighted by atomic mass is 9.99.